The van der Waals surface area contributed by atoms with E-state index in [1.165, 1.54) is 16.7 Å². The predicted molar refractivity (Wildman–Crippen MR) is 188 cm³/mol. The Balaban J connectivity index is 1.74. The zero-order valence-electron chi connectivity index (χ0n) is 29.3. The highest BCUT2D eigenvalue weighted by molar-refractivity contribution is 8.18. The summed E-state index contributed by atoms with van der Waals surface area (Å²) in [6.45, 7) is 8.05. The van der Waals surface area contributed by atoms with Crippen molar-refractivity contribution in [3.8, 4) is 0 Å². The molecular formula is C34H49N5O8S2. The summed E-state index contributed by atoms with van der Waals surface area (Å²) in [7, 11) is 3.12. The van der Waals surface area contributed by atoms with E-state index < -0.39 is 75.6 Å². The molecule has 270 valence electrons. The Morgan fingerprint density at radius 3 is 2.20 bits per heavy atom. The van der Waals surface area contributed by atoms with E-state index in [0.717, 1.165) is 17.9 Å². The number of nitrogens with one attached hydrogen (secondary N) is 3. The number of ketones is 1. The zero-order chi connectivity index (χ0) is 36.5. The van der Waals surface area contributed by atoms with Gasteiger partial charge in [-0.05, 0) is 29.9 Å². The van der Waals surface area contributed by atoms with Crippen LogP contribution in [-0.2, 0) is 38.3 Å². The Hall–Kier alpha value is -3.59. The SMILES string of the molecule is CCCC(NC(=O)[C@@H]1CC2(CN1C(=O)C(OC(C)=O)C(C)(C)C)SCCCS2)C(=O)C(=O)NCC(=O)NC(C(=O)N(C)C)c1ccccc1. The summed E-state index contributed by atoms with van der Waals surface area (Å²) in [5.41, 5.74) is -0.200. The number of ether oxygens (including phenoxy) is 1. The van der Waals surface area contributed by atoms with Crippen molar-refractivity contribution >= 4 is 64.8 Å². The highest BCUT2D eigenvalue weighted by Gasteiger charge is 2.53. The summed E-state index contributed by atoms with van der Waals surface area (Å²) in [4.78, 5) is 94.6. The lowest BCUT2D eigenvalue weighted by Crippen LogP contribution is -2.56. The van der Waals surface area contributed by atoms with E-state index in [4.69, 9.17) is 4.74 Å². The first kappa shape index (κ1) is 39.8. The van der Waals surface area contributed by atoms with Gasteiger partial charge in [-0.2, -0.15) is 0 Å². The molecule has 1 spiro atoms. The van der Waals surface area contributed by atoms with Crippen LogP contribution in [0.2, 0.25) is 0 Å². The summed E-state index contributed by atoms with van der Waals surface area (Å²) in [6.07, 6.45) is 0.792. The summed E-state index contributed by atoms with van der Waals surface area (Å²) in [5, 5.41) is 7.64. The number of esters is 1. The number of hydrogen-bond donors (Lipinski definition) is 3. The van der Waals surface area contributed by atoms with Crippen molar-refractivity contribution in [1.29, 1.82) is 0 Å². The van der Waals surface area contributed by atoms with Gasteiger partial charge in [0.25, 0.3) is 11.8 Å². The van der Waals surface area contributed by atoms with Crippen LogP contribution in [0.4, 0.5) is 0 Å². The fraction of sp³-hybridized carbons (Fsp3) is 0.618. The molecule has 3 unspecified atom stereocenters. The molecule has 0 aromatic heterocycles. The first-order valence-electron chi connectivity index (χ1n) is 16.4. The van der Waals surface area contributed by atoms with Gasteiger partial charge in [0.05, 0.1) is 16.7 Å². The van der Waals surface area contributed by atoms with Gasteiger partial charge < -0.3 is 30.5 Å². The van der Waals surface area contributed by atoms with Gasteiger partial charge in [-0.3, -0.25) is 33.6 Å². The molecule has 2 fully saturated rings. The van der Waals surface area contributed by atoms with Gasteiger partial charge in [0, 0.05) is 39.4 Å². The zero-order valence-corrected chi connectivity index (χ0v) is 31.0. The smallest absolute Gasteiger partial charge is 0.303 e. The molecule has 0 saturated carbocycles. The number of hydrogen-bond acceptors (Lipinski definition) is 10. The molecule has 2 aliphatic rings. The number of Topliss-reactive ketones (excluding diaryl/α,β-unsaturated/α-hetero) is 1. The molecule has 0 radical (unpaired) electrons. The van der Waals surface area contributed by atoms with Gasteiger partial charge in [0.2, 0.25) is 23.5 Å². The summed E-state index contributed by atoms with van der Waals surface area (Å²) in [5.74, 6) is -3.01. The largest absolute Gasteiger partial charge is 0.452 e. The van der Waals surface area contributed by atoms with Crippen molar-refractivity contribution in [3.63, 3.8) is 0 Å². The first-order chi connectivity index (χ1) is 23.0. The predicted octanol–water partition coefficient (Wildman–Crippen LogP) is 2.05. The van der Waals surface area contributed by atoms with Gasteiger partial charge in [-0.15, -0.1) is 23.5 Å². The van der Waals surface area contributed by atoms with Crippen LogP contribution in [0.15, 0.2) is 30.3 Å². The maximum absolute atomic E-state index is 14.0. The molecule has 5 amide bonds. The Bertz CT molecular complexity index is 1390. The van der Waals surface area contributed by atoms with Gasteiger partial charge in [-0.1, -0.05) is 64.4 Å². The molecule has 3 N–H and O–H groups in total. The van der Waals surface area contributed by atoms with Crippen LogP contribution in [0.1, 0.15) is 71.9 Å². The molecule has 1 aromatic rings. The minimum absolute atomic E-state index is 0.144. The number of likely N-dealkylation sites (tertiary alicyclic amines) is 1. The molecule has 0 bridgehead atoms. The number of likely N-dealkylation sites (N-methyl/N-ethyl adjacent to an activating group) is 1. The Kier molecular flexibility index (Phi) is 14.1. The third kappa shape index (κ3) is 10.7. The van der Waals surface area contributed by atoms with Crippen LogP contribution in [0.3, 0.4) is 0 Å². The van der Waals surface area contributed by atoms with E-state index in [9.17, 15) is 33.6 Å². The summed E-state index contributed by atoms with van der Waals surface area (Å²) in [6, 6.07) is 5.46. The molecule has 0 aliphatic carbocycles. The number of carbonyl (C=O) groups is 7. The molecule has 2 aliphatic heterocycles. The number of thioether (sulfide) groups is 2. The third-order valence-electron chi connectivity index (χ3n) is 8.16. The van der Waals surface area contributed by atoms with Gasteiger partial charge in [0.15, 0.2) is 6.10 Å². The van der Waals surface area contributed by atoms with E-state index in [2.05, 4.69) is 16.0 Å². The highest BCUT2D eigenvalue weighted by atomic mass is 32.2. The summed E-state index contributed by atoms with van der Waals surface area (Å²) >= 11 is 3.39. The molecule has 49 heavy (non-hydrogen) atoms. The Morgan fingerprint density at radius 1 is 1.02 bits per heavy atom. The lowest BCUT2D eigenvalue weighted by atomic mass is 9.88. The molecule has 1 aromatic carbocycles. The van der Waals surface area contributed by atoms with Crippen LogP contribution < -0.4 is 16.0 Å². The lowest BCUT2D eigenvalue weighted by Gasteiger charge is -2.35. The maximum atomic E-state index is 14.0. The lowest BCUT2D eigenvalue weighted by molar-refractivity contribution is -0.167. The van der Waals surface area contributed by atoms with Gasteiger partial charge >= 0.3 is 5.97 Å². The average Bonchev–Trinajstić information content (AvgIpc) is 3.42. The van der Waals surface area contributed by atoms with E-state index in [-0.39, 0.29) is 18.9 Å². The second kappa shape index (κ2) is 17.4. The van der Waals surface area contributed by atoms with Crippen LogP contribution in [0.25, 0.3) is 0 Å². The minimum Gasteiger partial charge on any atom is -0.452 e. The Morgan fingerprint density at radius 2 is 1.65 bits per heavy atom. The quantitative estimate of drug-likeness (QED) is 0.203. The molecule has 2 heterocycles. The Labute approximate surface area is 296 Å². The van der Waals surface area contributed by atoms with Gasteiger partial charge in [0.1, 0.15) is 12.1 Å². The second-order valence-corrected chi connectivity index (χ2v) is 16.8. The molecule has 4 atom stereocenters. The van der Waals surface area contributed by atoms with E-state index in [1.54, 1.807) is 95.6 Å². The monoisotopic (exact) mass is 719 g/mol. The average molecular weight is 720 g/mol. The maximum Gasteiger partial charge on any atom is 0.303 e. The normalized spacial score (nSPS) is 18.8. The summed E-state index contributed by atoms with van der Waals surface area (Å²) < 4.78 is 5.03. The molecule has 15 heteroatoms. The topological polar surface area (TPSA) is 171 Å². The number of carbonyl (C=O) groups excluding carboxylic acids is 7. The minimum atomic E-state index is -1.21. The van der Waals surface area contributed by atoms with Crippen LogP contribution in [-0.4, -0.2) is 112 Å². The number of amides is 5. The third-order valence-corrected chi connectivity index (χ3v) is 11.5. The van der Waals surface area contributed by atoms with Crippen molar-refractivity contribution in [2.45, 2.75) is 88.6 Å². The van der Waals surface area contributed by atoms with E-state index in [0.29, 0.717) is 18.4 Å². The fourth-order valence-corrected chi connectivity index (χ4v) is 9.03. The van der Waals surface area contributed by atoms with E-state index >= 15 is 0 Å². The van der Waals surface area contributed by atoms with Crippen molar-refractivity contribution < 1.29 is 38.3 Å². The highest BCUT2D eigenvalue weighted by Crippen LogP contribution is 2.50. The number of nitrogens with zero attached hydrogens (tertiary/aromatic N) is 2. The molecule has 3 rings (SSSR count). The van der Waals surface area contributed by atoms with Crippen molar-refractivity contribution in [2.24, 2.45) is 5.41 Å². The fourth-order valence-electron chi connectivity index (χ4n) is 5.68. The first-order valence-corrected chi connectivity index (χ1v) is 18.4. The van der Waals surface area contributed by atoms with Gasteiger partial charge in [-0.25, -0.2) is 0 Å². The molecule has 13 nitrogen and oxygen atoms in total. The van der Waals surface area contributed by atoms with Crippen molar-refractivity contribution in [1.82, 2.24) is 25.8 Å². The second-order valence-electron chi connectivity index (χ2n) is 13.5. The van der Waals surface area contributed by atoms with Crippen LogP contribution in [0, 0.1) is 5.41 Å². The van der Waals surface area contributed by atoms with E-state index in [1.807, 2.05) is 0 Å². The molecular weight excluding hydrogens is 671 g/mol. The standard InChI is InChI=1S/C34H49N5O8S2/c1-8-13-23(27(42)30(44)35-19-25(41)37-26(31(45)38(6)7)22-14-10-9-11-15-22)36-29(43)24-18-34(48-16-12-17-49-34)20-39(24)32(46)28(33(3,4)5)47-21(2)40/h9-11,14-15,23-24,26,28H,8,12-13,16-20H2,1-7H3,(H,35,44)(H,36,43)(H,37,41)/t23?,24-,26?,28?/m0/s1. The number of benzene rings is 1. The van der Waals surface area contributed by atoms with Crippen molar-refractivity contribution in [2.75, 3.05) is 38.7 Å². The number of rotatable bonds is 13. The van der Waals surface area contributed by atoms with Crippen molar-refractivity contribution in [3.05, 3.63) is 35.9 Å². The van der Waals surface area contributed by atoms with Crippen LogP contribution >= 0.6 is 23.5 Å². The molecule has 2 saturated heterocycles. The van der Waals surface area contributed by atoms with Crippen LogP contribution in [0.5, 0.6) is 0 Å².